The fraction of sp³-hybridized carbons (Fsp3) is 0.692. The third-order valence-corrected chi connectivity index (χ3v) is 2.73. The van der Waals surface area contributed by atoms with Gasteiger partial charge in [0.1, 0.15) is 0 Å². The Morgan fingerprint density at radius 3 is 2.72 bits per heavy atom. The van der Waals surface area contributed by atoms with Gasteiger partial charge in [-0.3, -0.25) is 9.89 Å². The quantitative estimate of drug-likeness (QED) is 0.742. The van der Waals surface area contributed by atoms with Crippen LogP contribution in [0.25, 0.3) is 0 Å². The molecular formula is C13H24N4O. The van der Waals surface area contributed by atoms with Gasteiger partial charge in [-0.2, -0.15) is 5.10 Å². The van der Waals surface area contributed by atoms with Crippen LogP contribution in [0.1, 0.15) is 44.9 Å². The van der Waals surface area contributed by atoms with Gasteiger partial charge in [-0.25, -0.2) is 0 Å². The highest BCUT2D eigenvalue weighted by Gasteiger charge is 2.18. The van der Waals surface area contributed by atoms with Crippen LogP contribution < -0.4 is 11.1 Å². The minimum absolute atomic E-state index is 0.00708. The van der Waals surface area contributed by atoms with Crippen LogP contribution in [0.15, 0.2) is 6.20 Å². The highest BCUT2D eigenvalue weighted by molar-refractivity contribution is 5.76. The lowest BCUT2D eigenvalue weighted by Crippen LogP contribution is -2.34. The molecule has 1 heterocycles. The second-order valence-corrected chi connectivity index (χ2v) is 6.03. The molecule has 5 heteroatoms. The summed E-state index contributed by atoms with van der Waals surface area (Å²) in [6.45, 7) is 8.81. The van der Waals surface area contributed by atoms with Crippen molar-refractivity contribution in [3.63, 3.8) is 0 Å². The summed E-state index contributed by atoms with van der Waals surface area (Å²) in [6, 6.07) is -0.0875. The molecule has 18 heavy (non-hydrogen) atoms. The Kier molecular flexibility index (Phi) is 4.90. The van der Waals surface area contributed by atoms with E-state index in [4.69, 9.17) is 5.73 Å². The van der Waals surface area contributed by atoms with Crippen molar-refractivity contribution >= 4 is 5.91 Å². The molecule has 1 amide bonds. The Morgan fingerprint density at radius 1 is 1.56 bits per heavy atom. The number of aryl methyl sites for hydroxylation is 1. The van der Waals surface area contributed by atoms with E-state index in [1.54, 1.807) is 6.20 Å². The Bertz CT molecular complexity index is 392. The van der Waals surface area contributed by atoms with E-state index in [0.29, 0.717) is 13.0 Å². The van der Waals surface area contributed by atoms with Gasteiger partial charge in [-0.05, 0) is 18.8 Å². The van der Waals surface area contributed by atoms with Gasteiger partial charge in [0.25, 0.3) is 0 Å². The van der Waals surface area contributed by atoms with E-state index in [1.165, 1.54) is 0 Å². The van der Waals surface area contributed by atoms with Crippen molar-refractivity contribution in [3.8, 4) is 0 Å². The Morgan fingerprint density at radius 2 is 2.22 bits per heavy atom. The number of nitrogens with two attached hydrogens (primary N) is 1. The molecule has 0 spiro atoms. The van der Waals surface area contributed by atoms with Gasteiger partial charge in [0, 0.05) is 30.3 Å². The summed E-state index contributed by atoms with van der Waals surface area (Å²) >= 11 is 0. The van der Waals surface area contributed by atoms with Gasteiger partial charge in [0.15, 0.2) is 0 Å². The second kappa shape index (κ2) is 6.00. The first-order chi connectivity index (χ1) is 8.28. The second-order valence-electron chi connectivity index (χ2n) is 6.03. The zero-order valence-electron chi connectivity index (χ0n) is 11.7. The summed E-state index contributed by atoms with van der Waals surface area (Å²) in [4.78, 5) is 11.7. The minimum atomic E-state index is -0.0875. The van der Waals surface area contributed by atoms with Crippen molar-refractivity contribution in [2.45, 2.75) is 53.1 Å². The maximum absolute atomic E-state index is 11.7. The molecule has 0 radical (unpaired) electrons. The van der Waals surface area contributed by atoms with Crippen molar-refractivity contribution < 1.29 is 4.79 Å². The maximum atomic E-state index is 11.7. The molecule has 4 N–H and O–H groups in total. The molecule has 1 aromatic heterocycles. The molecule has 0 bridgehead atoms. The number of hydrogen-bond donors (Lipinski definition) is 3. The lowest BCUT2D eigenvalue weighted by Gasteiger charge is -2.22. The van der Waals surface area contributed by atoms with Crippen LogP contribution in [0, 0.1) is 12.3 Å². The summed E-state index contributed by atoms with van der Waals surface area (Å²) in [5.74, 6) is -0.00708. The fourth-order valence-corrected chi connectivity index (χ4v) is 1.92. The van der Waals surface area contributed by atoms with Crippen LogP contribution in [-0.4, -0.2) is 22.1 Å². The monoisotopic (exact) mass is 252 g/mol. The molecule has 0 aliphatic rings. The molecule has 0 aromatic carbocycles. The van der Waals surface area contributed by atoms with Crippen molar-refractivity contribution in [2.24, 2.45) is 11.1 Å². The smallest absolute Gasteiger partial charge is 0.221 e. The fourth-order valence-electron chi connectivity index (χ4n) is 1.92. The average Bonchev–Trinajstić information content (AvgIpc) is 2.57. The number of nitrogens with one attached hydrogen (secondary N) is 2. The van der Waals surface area contributed by atoms with E-state index in [0.717, 1.165) is 17.7 Å². The van der Waals surface area contributed by atoms with E-state index in [1.807, 2.05) is 6.92 Å². The summed E-state index contributed by atoms with van der Waals surface area (Å²) in [5.41, 5.74) is 8.10. The number of aromatic amines is 1. The summed E-state index contributed by atoms with van der Waals surface area (Å²) < 4.78 is 0. The molecule has 1 unspecified atom stereocenters. The van der Waals surface area contributed by atoms with Crippen molar-refractivity contribution in [2.75, 3.05) is 0 Å². The Labute approximate surface area is 109 Å². The molecule has 0 saturated heterocycles. The highest BCUT2D eigenvalue weighted by Crippen LogP contribution is 2.20. The highest BCUT2D eigenvalue weighted by atomic mass is 16.1. The van der Waals surface area contributed by atoms with Crippen LogP contribution in [0.2, 0.25) is 0 Å². The molecule has 0 fully saturated rings. The maximum Gasteiger partial charge on any atom is 0.221 e. The molecule has 5 nitrogen and oxygen atoms in total. The lowest BCUT2D eigenvalue weighted by molar-refractivity contribution is -0.121. The van der Waals surface area contributed by atoms with Gasteiger partial charge < -0.3 is 11.1 Å². The zero-order chi connectivity index (χ0) is 13.8. The van der Waals surface area contributed by atoms with Crippen LogP contribution in [0.4, 0.5) is 0 Å². The van der Waals surface area contributed by atoms with Gasteiger partial charge in [0.2, 0.25) is 5.91 Å². The van der Waals surface area contributed by atoms with Gasteiger partial charge >= 0.3 is 0 Å². The third kappa shape index (κ3) is 5.31. The first-order valence-corrected chi connectivity index (χ1v) is 6.29. The standard InChI is InChI=1S/C13H24N4O/c1-9-10(8-16-17-9)7-15-12(18)5-11(14)6-13(2,3)4/h8,11H,5-7,14H2,1-4H3,(H,15,18)(H,16,17). The normalized spacial score (nSPS) is 13.4. The van der Waals surface area contributed by atoms with Gasteiger partial charge in [-0.1, -0.05) is 20.8 Å². The summed E-state index contributed by atoms with van der Waals surface area (Å²) in [5, 5.41) is 9.61. The molecular weight excluding hydrogens is 228 g/mol. The predicted molar refractivity (Wildman–Crippen MR) is 71.8 cm³/mol. The van der Waals surface area contributed by atoms with Crippen LogP contribution in [0.3, 0.4) is 0 Å². The van der Waals surface area contributed by atoms with Crippen molar-refractivity contribution in [1.82, 2.24) is 15.5 Å². The zero-order valence-corrected chi connectivity index (χ0v) is 11.7. The molecule has 0 aliphatic heterocycles. The largest absolute Gasteiger partial charge is 0.352 e. The molecule has 0 saturated carbocycles. The minimum Gasteiger partial charge on any atom is -0.352 e. The topological polar surface area (TPSA) is 83.8 Å². The molecule has 1 rings (SSSR count). The summed E-state index contributed by atoms with van der Waals surface area (Å²) in [7, 11) is 0. The number of rotatable bonds is 5. The first-order valence-electron chi connectivity index (χ1n) is 6.29. The van der Waals surface area contributed by atoms with Crippen LogP contribution >= 0.6 is 0 Å². The summed E-state index contributed by atoms with van der Waals surface area (Å²) in [6.07, 6.45) is 2.93. The molecule has 1 aromatic rings. The number of hydrogen-bond acceptors (Lipinski definition) is 3. The number of carbonyl (C=O) groups is 1. The van der Waals surface area contributed by atoms with Crippen molar-refractivity contribution in [1.29, 1.82) is 0 Å². The average molecular weight is 252 g/mol. The van der Waals surface area contributed by atoms with Crippen LogP contribution in [-0.2, 0) is 11.3 Å². The van der Waals surface area contributed by atoms with Crippen molar-refractivity contribution in [3.05, 3.63) is 17.5 Å². The molecule has 1 atom stereocenters. The first kappa shape index (κ1) is 14.7. The number of aromatic nitrogens is 2. The van der Waals surface area contributed by atoms with E-state index < -0.39 is 0 Å². The van der Waals surface area contributed by atoms with E-state index >= 15 is 0 Å². The van der Waals surface area contributed by atoms with Gasteiger partial charge in [-0.15, -0.1) is 0 Å². The number of nitrogens with zero attached hydrogens (tertiary/aromatic N) is 1. The van der Waals surface area contributed by atoms with E-state index in [9.17, 15) is 4.79 Å². The Balaban J connectivity index is 2.32. The number of carbonyl (C=O) groups excluding carboxylic acids is 1. The van der Waals surface area contributed by atoms with Gasteiger partial charge in [0.05, 0.1) is 6.20 Å². The molecule has 102 valence electrons. The molecule has 0 aliphatic carbocycles. The predicted octanol–water partition coefficient (Wildman–Crippen LogP) is 1.49. The number of amides is 1. The Hall–Kier alpha value is -1.36. The van der Waals surface area contributed by atoms with E-state index in [2.05, 4.69) is 36.3 Å². The third-order valence-electron chi connectivity index (χ3n) is 2.73. The van der Waals surface area contributed by atoms with Crippen LogP contribution in [0.5, 0.6) is 0 Å². The lowest BCUT2D eigenvalue weighted by atomic mass is 9.87. The number of H-pyrrole nitrogens is 1. The SMILES string of the molecule is Cc1[nH]ncc1CNC(=O)CC(N)CC(C)(C)C. The van der Waals surface area contributed by atoms with E-state index in [-0.39, 0.29) is 17.4 Å².